The Morgan fingerprint density at radius 1 is 1.00 bits per heavy atom. The SMILES string of the molecule is CC(C)C(C)(C)[SiH2]c1c(F)c(F)[c]c(F)c1F. The molecule has 0 unspecified atom stereocenters. The van der Waals surface area contributed by atoms with E-state index in [0.717, 1.165) is 0 Å². The van der Waals surface area contributed by atoms with Crippen LogP contribution in [0.1, 0.15) is 27.7 Å². The third kappa shape index (κ3) is 2.88. The van der Waals surface area contributed by atoms with E-state index in [2.05, 4.69) is 0 Å². The zero-order valence-electron chi connectivity index (χ0n) is 10.3. The van der Waals surface area contributed by atoms with E-state index in [1.54, 1.807) is 0 Å². The van der Waals surface area contributed by atoms with Gasteiger partial charge in [-0.25, -0.2) is 17.6 Å². The highest BCUT2D eigenvalue weighted by molar-refractivity contribution is 6.56. The van der Waals surface area contributed by atoms with Gasteiger partial charge in [-0.1, -0.05) is 27.7 Å². The summed E-state index contributed by atoms with van der Waals surface area (Å²) in [4.78, 5) is 0. The molecule has 5 heteroatoms. The molecule has 1 aromatic rings. The first-order chi connectivity index (χ1) is 7.66. The molecule has 0 nitrogen and oxygen atoms in total. The van der Waals surface area contributed by atoms with Gasteiger partial charge in [0.25, 0.3) is 0 Å². The van der Waals surface area contributed by atoms with Crippen molar-refractivity contribution in [1.82, 2.24) is 0 Å². The van der Waals surface area contributed by atoms with Crippen LogP contribution in [-0.2, 0) is 0 Å². The third-order valence-corrected chi connectivity index (χ3v) is 6.03. The van der Waals surface area contributed by atoms with Crippen molar-refractivity contribution in [3.63, 3.8) is 0 Å². The molecule has 0 fully saturated rings. The molecule has 0 bridgehead atoms. The van der Waals surface area contributed by atoms with Gasteiger partial charge in [0.1, 0.15) is 0 Å². The Hall–Kier alpha value is -0.843. The second-order valence-electron chi connectivity index (χ2n) is 5.18. The van der Waals surface area contributed by atoms with Gasteiger partial charge < -0.3 is 0 Å². The molecule has 0 aliphatic heterocycles. The first-order valence-corrected chi connectivity index (χ1v) is 6.82. The van der Waals surface area contributed by atoms with Crippen LogP contribution in [0.2, 0.25) is 5.04 Å². The molecule has 1 radical (unpaired) electrons. The Labute approximate surface area is 101 Å². The third-order valence-electron chi connectivity index (χ3n) is 3.33. The summed E-state index contributed by atoms with van der Waals surface area (Å²) < 4.78 is 52.9. The van der Waals surface area contributed by atoms with Gasteiger partial charge in [0.05, 0.1) is 15.6 Å². The summed E-state index contributed by atoms with van der Waals surface area (Å²) in [7, 11) is -1.48. The molecule has 0 spiro atoms. The van der Waals surface area contributed by atoms with E-state index in [-0.39, 0.29) is 11.0 Å². The molecule has 0 aliphatic carbocycles. The maximum absolute atomic E-state index is 13.5. The van der Waals surface area contributed by atoms with Crippen molar-refractivity contribution in [2.75, 3.05) is 0 Å². The number of benzene rings is 1. The fourth-order valence-electron chi connectivity index (χ4n) is 1.38. The van der Waals surface area contributed by atoms with Crippen molar-refractivity contribution >= 4 is 14.7 Å². The molecule has 0 aliphatic rings. The van der Waals surface area contributed by atoms with Gasteiger partial charge >= 0.3 is 0 Å². The highest BCUT2D eigenvalue weighted by Crippen LogP contribution is 2.32. The predicted octanol–water partition coefficient (Wildman–Crippen LogP) is 2.69. The molecule has 0 amide bonds. The molecule has 1 aromatic carbocycles. The van der Waals surface area contributed by atoms with Crippen LogP contribution in [0.25, 0.3) is 0 Å². The highest BCUT2D eigenvalue weighted by Gasteiger charge is 2.29. The van der Waals surface area contributed by atoms with Gasteiger partial charge in [0, 0.05) is 5.19 Å². The predicted molar refractivity (Wildman–Crippen MR) is 62.2 cm³/mol. The van der Waals surface area contributed by atoms with Gasteiger partial charge in [-0.2, -0.15) is 0 Å². The van der Waals surface area contributed by atoms with E-state index in [4.69, 9.17) is 0 Å². The van der Waals surface area contributed by atoms with Crippen LogP contribution >= 0.6 is 0 Å². The minimum atomic E-state index is -1.48. The fraction of sp³-hybridized carbons (Fsp3) is 0.500. The van der Waals surface area contributed by atoms with Gasteiger partial charge in [-0.15, -0.1) is 0 Å². The minimum Gasteiger partial charge on any atom is -0.204 e. The molecule has 95 valence electrons. The van der Waals surface area contributed by atoms with Gasteiger partial charge in [0.15, 0.2) is 23.3 Å². The van der Waals surface area contributed by atoms with Crippen LogP contribution in [0, 0.1) is 35.3 Å². The van der Waals surface area contributed by atoms with E-state index in [1.165, 1.54) is 6.07 Å². The first-order valence-electron chi connectivity index (χ1n) is 5.41. The van der Waals surface area contributed by atoms with Crippen molar-refractivity contribution in [2.24, 2.45) is 5.92 Å². The molecule has 0 heterocycles. The van der Waals surface area contributed by atoms with Crippen molar-refractivity contribution in [3.8, 4) is 0 Å². The summed E-state index contributed by atoms with van der Waals surface area (Å²) >= 11 is 0. The first kappa shape index (κ1) is 14.2. The van der Waals surface area contributed by atoms with Crippen LogP contribution in [0.15, 0.2) is 0 Å². The second-order valence-corrected chi connectivity index (χ2v) is 8.06. The number of rotatable bonds is 3. The molecule has 0 saturated heterocycles. The van der Waals surface area contributed by atoms with E-state index >= 15 is 0 Å². The highest BCUT2D eigenvalue weighted by atomic mass is 28.2. The molecule has 0 atom stereocenters. The minimum absolute atomic E-state index is 0.184. The Morgan fingerprint density at radius 3 is 1.76 bits per heavy atom. The standard InChI is InChI=1S/C12H15F4Si/c1-6(2)12(3,4)17-11-9(15)7(13)5-8(14)10(11)16/h6H,17H2,1-4H3. The summed E-state index contributed by atoms with van der Waals surface area (Å²) in [5, 5.41) is -0.723. The number of hydrogen-bond acceptors (Lipinski definition) is 0. The van der Waals surface area contributed by atoms with E-state index in [1.807, 2.05) is 27.7 Å². The lowest BCUT2D eigenvalue weighted by atomic mass is 9.99. The monoisotopic (exact) mass is 263 g/mol. The van der Waals surface area contributed by atoms with Gasteiger partial charge in [-0.05, 0) is 11.0 Å². The summed E-state index contributed by atoms with van der Waals surface area (Å²) in [5.41, 5.74) is 0. The molecule has 1 rings (SSSR count). The van der Waals surface area contributed by atoms with Gasteiger partial charge in [0.2, 0.25) is 0 Å². The Bertz CT molecular complexity index is 401. The second kappa shape index (κ2) is 4.80. The lowest BCUT2D eigenvalue weighted by Crippen LogP contribution is -2.35. The maximum atomic E-state index is 13.5. The van der Waals surface area contributed by atoms with Gasteiger partial charge in [-0.3, -0.25) is 0 Å². The lowest BCUT2D eigenvalue weighted by molar-refractivity contribution is 0.453. The van der Waals surface area contributed by atoms with Crippen LogP contribution < -0.4 is 5.19 Å². The largest absolute Gasteiger partial charge is 0.204 e. The van der Waals surface area contributed by atoms with Crippen molar-refractivity contribution in [2.45, 2.75) is 32.7 Å². The van der Waals surface area contributed by atoms with E-state index < -0.39 is 38.0 Å². The average Bonchev–Trinajstić information content (AvgIpc) is 2.21. The van der Waals surface area contributed by atoms with Crippen molar-refractivity contribution < 1.29 is 17.6 Å². The molecular formula is C12H15F4Si. The van der Waals surface area contributed by atoms with E-state index in [9.17, 15) is 17.6 Å². The van der Waals surface area contributed by atoms with Crippen LogP contribution in [0.3, 0.4) is 0 Å². The Morgan fingerprint density at radius 2 is 1.41 bits per heavy atom. The smallest absolute Gasteiger partial charge is 0.169 e. The summed E-state index contributed by atoms with van der Waals surface area (Å²) in [6, 6.07) is 1.40. The molecule has 0 aromatic heterocycles. The number of hydrogen-bond donors (Lipinski definition) is 0. The average molecular weight is 263 g/mol. The fourth-order valence-corrected chi connectivity index (χ4v) is 3.32. The van der Waals surface area contributed by atoms with Crippen LogP contribution in [0.5, 0.6) is 0 Å². The van der Waals surface area contributed by atoms with E-state index in [0.29, 0.717) is 0 Å². The molecular weight excluding hydrogens is 248 g/mol. The molecule has 0 saturated carbocycles. The summed E-state index contributed by atoms with van der Waals surface area (Å²) in [5.74, 6) is -5.27. The normalized spacial score (nSPS) is 13.0. The summed E-state index contributed by atoms with van der Waals surface area (Å²) in [6.45, 7) is 7.56. The Kier molecular flexibility index (Phi) is 4.01. The van der Waals surface area contributed by atoms with Crippen molar-refractivity contribution in [3.05, 3.63) is 29.3 Å². The Balaban J connectivity index is 3.23. The maximum Gasteiger partial charge on any atom is 0.169 e. The quantitative estimate of drug-likeness (QED) is 0.447. The topological polar surface area (TPSA) is 0 Å². The van der Waals surface area contributed by atoms with Crippen LogP contribution in [0.4, 0.5) is 17.6 Å². The number of halogens is 4. The molecule has 0 N–H and O–H groups in total. The zero-order chi connectivity index (χ0) is 13.4. The van der Waals surface area contributed by atoms with Crippen molar-refractivity contribution in [1.29, 1.82) is 0 Å². The lowest BCUT2D eigenvalue weighted by Gasteiger charge is -2.29. The summed E-state index contributed by atoms with van der Waals surface area (Å²) in [6.07, 6.45) is 0. The van der Waals surface area contributed by atoms with Crippen LogP contribution in [-0.4, -0.2) is 9.52 Å². The molecule has 17 heavy (non-hydrogen) atoms. The zero-order valence-corrected chi connectivity index (χ0v) is 11.7.